The highest BCUT2D eigenvalue weighted by Gasteiger charge is 2.35. The SMILES string of the molecule is CC1(OC(=O)C(F)F)CCSC1. The van der Waals surface area contributed by atoms with Crippen LogP contribution in [0.5, 0.6) is 0 Å². The number of hydrogen-bond acceptors (Lipinski definition) is 3. The summed E-state index contributed by atoms with van der Waals surface area (Å²) in [4.78, 5) is 10.5. The summed E-state index contributed by atoms with van der Waals surface area (Å²) >= 11 is 1.61. The summed E-state index contributed by atoms with van der Waals surface area (Å²) in [6.45, 7) is 1.69. The van der Waals surface area contributed by atoms with Crippen molar-refractivity contribution in [2.75, 3.05) is 11.5 Å². The van der Waals surface area contributed by atoms with E-state index in [1.165, 1.54) is 0 Å². The Kier molecular flexibility index (Phi) is 2.93. The van der Waals surface area contributed by atoms with Crippen molar-refractivity contribution in [3.05, 3.63) is 0 Å². The minimum atomic E-state index is -3.01. The van der Waals surface area contributed by atoms with Crippen molar-refractivity contribution in [3.8, 4) is 0 Å². The van der Waals surface area contributed by atoms with Gasteiger partial charge in [-0.25, -0.2) is 4.79 Å². The summed E-state index contributed by atoms with van der Waals surface area (Å²) in [5.74, 6) is 0.0818. The highest BCUT2D eigenvalue weighted by atomic mass is 32.2. The first-order valence-electron chi connectivity index (χ1n) is 3.62. The molecule has 5 heteroatoms. The third kappa shape index (κ3) is 2.33. The summed E-state index contributed by atoms with van der Waals surface area (Å²) in [5, 5.41) is 0. The second kappa shape index (κ2) is 3.60. The van der Waals surface area contributed by atoms with Crippen molar-refractivity contribution in [1.29, 1.82) is 0 Å². The molecule has 1 aliphatic heterocycles. The molecule has 2 nitrogen and oxygen atoms in total. The van der Waals surface area contributed by atoms with Gasteiger partial charge in [0.15, 0.2) is 0 Å². The molecule has 1 heterocycles. The lowest BCUT2D eigenvalue weighted by molar-refractivity contribution is -0.168. The number of ether oxygens (including phenoxy) is 1. The third-order valence-electron chi connectivity index (χ3n) is 1.71. The molecule has 0 aromatic carbocycles. The molecular formula is C7H10F2O2S. The lowest BCUT2D eigenvalue weighted by Gasteiger charge is -2.22. The Balaban J connectivity index is 2.44. The van der Waals surface area contributed by atoms with Crippen molar-refractivity contribution in [3.63, 3.8) is 0 Å². The Labute approximate surface area is 73.7 Å². The van der Waals surface area contributed by atoms with Crippen molar-refractivity contribution in [2.24, 2.45) is 0 Å². The predicted molar refractivity (Wildman–Crippen MR) is 42.4 cm³/mol. The minimum absolute atomic E-state index is 0.617. The van der Waals surface area contributed by atoms with Crippen LogP contribution in [0.2, 0.25) is 0 Å². The molecule has 0 amide bonds. The van der Waals surface area contributed by atoms with E-state index in [9.17, 15) is 13.6 Å². The van der Waals surface area contributed by atoms with Crippen LogP contribution >= 0.6 is 11.8 Å². The highest BCUT2D eigenvalue weighted by Crippen LogP contribution is 2.31. The largest absolute Gasteiger partial charge is 0.454 e. The molecule has 1 fully saturated rings. The molecule has 0 aromatic rings. The second-order valence-electron chi connectivity index (χ2n) is 2.97. The van der Waals surface area contributed by atoms with E-state index in [1.54, 1.807) is 18.7 Å². The van der Waals surface area contributed by atoms with Gasteiger partial charge in [-0.1, -0.05) is 0 Å². The average molecular weight is 196 g/mol. The van der Waals surface area contributed by atoms with E-state index < -0.39 is 18.0 Å². The molecule has 12 heavy (non-hydrogen) atoms. The van der Waals surface area contributed by atoms with Crippen LogP contribution in [0.3, 0.4) is 0 Å². The Morgan fingerprint density at radius 3 is 2.75 bits per heavy atom. The Morgan fingerprint density at radius 1 is 1.67 bits per heavy atom. The Bertz CT molecular complexity index is 178. The number of halogens is 2. The lowest BCUT2D eigenvalue weighted by Crippen LogP contribution is -2.33. The molecule has 0 radical (unpaired) electrons. The number of carbonyl (C=O) groups is 1. The van der Waals surface area contributed by atoms with Gasteiger partial charge in [0.05, 0.1) is 0 Å². The number of carbonyl (C=O) groups excluding carboxylic acids is 1. The first-order chi connectivity index (χ1) is 5.53. The quantitative estimate of drug-likeness (QED) is 0.629. The molecule has 1 aliphatic rings. The van der Waals surface area contributed by atoms with Gasteiger partial charge in [-0.3, -0.25) is 0 Å². The van der Waals surface area contributed by atoms with Gasteiger partial charge in [0.25, 0.3) is 0 Å². The molecule has 0 aliphatic carbocycles. The molecule has 0 bridgehead atoms. The number of esters is 1. The fourth-order valence-corrected chi connectivity index (χ4v) is 2.37. The van der Waals surface area contributed by atoms with Crippen molar-refractivity contribution >= 4 is 17.7 Å². The summed E-state index contributed by atoms with van der Waals surface area (Å²) in [6.07, 6.45) is -2.34. The topological polar surface area (TPSA) is 26.3 Å². The van der Waals surface area contributed by atoms with E-state index in [4.69, 9.17) is 0 Å². The molecule has 1 unspecified atom stereocenters. The first-order valence-corrected chi connectivity index (χ1v) is 4.78. The van der Waals surface area contributed by atoms with Crippen LogP contribution in [0.4, 0.5) is 8.78 Å². The van der Waals surface area contributed by atoms with Gasteiger partial charge in [-0.15, -0.1) is 0 Å². The zero-order valence-corrected chi connectivity index (χ0v) is 7.50. The maximum absolute atomic E-state index is 11.8. The summed E-state index contributed by atoms with van der Waals surface area (Å²) < 4.78 is 28.2. The monoisotopic (exact) mass is 196 g/mol. The van der Waals surface area contributed by atoms with E-state index in [2.05, 4.69) is 4.74 Å². The van der Waals surface area contributed by atoms with Crippen molar-refractivity contribution < 1.29 is 18.3 Å². The van der Waals surface area contributed by atoms with Crippen LogP contribution in [0.1, 0.15) is 13.3 Å². The first kappa shape index (κ1) is 9.77. The van der Waals surface area contributed by atoms with Gasteiger partial charge in [0, 0.05) is 5.75 Å². The van der Waals surface area contributed by atoms with Crippen LogP contribution in [0.25, 0.3) is 0 Å². The number of alkyl halides is 2. The number of hydrogen-bond donors (Lipinski definition) is 0. The molecule has 1 rings (SSSR count). The van der Waals surface area contributed by atoms with Gasteiger partial charge in [-0.2, -0.15) is 20.5 Å². The third-order valence-corrected chi connectivity index (χ3v) is 3.02. The molecular weight excluding hydrogens is 186 g/mol. The Hall–Kier alpha value is -0.320. The van der Waals surface area contributed by atoms with E-state index in [1.807, 2.05) is 0 Å². The number of rotatable bonds is 2. The number of thioether (sulfide) groups is 1. The van der Waals surface area contributed by atoms with Crippen LogP contribution in [0, 0.1) is 0 Å². The normalized spacial score (nSPS) is 29.3. The summed E-state index contributed by atoms with van der Waals surface area (Å²) in [6, 6.07) is 0. The summed E-state index contributed by atoms with van der Waals surface area (Å²) in [5.41, 5.74) is -0.668. The average Bonchev–Trinajstić information content (AvgIpc) is 2.35. The van der Waals surface area contributed by atoms with Crippen LogP contribution in [-0.4, -0.2) is 29.5 Å². The molecule has 0 spiro atoms. The lowest BCUT2D eigenvalue weighted by atomic mass is 10.1. The maximum Gasteiger partial charge on any atom is 0.374 e. The van der Waals surface area contributed by atoms with Crippen molar-refractivity contribution in [2.45, 2.75) is 25.4 Å². The molecule has 0 N–H and O–H groups in total. The predicted octanol–water partition coefficient (Wildman–Crippen LogP) is 1.69. The molecule has 1 saturated heterocycles. The standard InChI is InChI=1S/C7H10F2O2S/c1-7(2-3-12-4-7)11-6(10)5(8)9/h5H,2-4H2,1H3. The molecule has 1 atom stereocenters. The fraction of sp³-hybridized carbons (Fsp3) is 0.857. The van der Waals surface area contributed by atoms with Crippen LogP contribution in [0.15, 0.2) is 0 Å². The zero-order valence-electron chi connectivity index (χ0n) is 6.68. The van der Waals surface area contributed by atoms with Crippen molar-refractivity contribution in [1.82, 2.24) is 0 Å². The minimum Gasteiger partial charge on any atom is -0.454 e. The molecule has 0 saturated carbocycles. The Morgan fingerprint density at radius 2 is 2.33 bits per heavy atom. The van der Waals surface area contributed by atoms with Gasteiger partial charge < -0.3 is 4.74 Å². The van der Waals surface area contributed by atoms with Gasteiger partial charge in [0.2, 0.25) is 0 Å². The maximum atomic E-state index is 11.8. The van der Waals surface area contributed by atoms with Gasteiger partial charge in [-0.05, 0) is 19.1 Å². The highest BCUT2D eigenvalue weighted by molar-refractivity contribution is 7.99. The molecule has 70 valence electrons. The molecule has 0 aromatic heterocycles. The van der Waals surface area contributed by atoms with Crippen LogP contribution < -0.4 is 0 Å². The smallest absolute Gasteiger partial charge is 0.374 e. The fourth-order valence-electron chi connectivity index (χ4n) is 1.02. The van der Waals surface area contributed by atoms with Gasteiger partial charge in [0.1, 0.15) is 5.60 Å². The zero-order chi connectivity index (χ0) is 9.19. The van der Waals surface area contributed by atoms with Gasteiger partial charge >= 0.3 is 12.4 Å². The second-order valence-corrected chi connectivity index (χ2v) is 4.08. The summed E-state index contributed by atoms with van der Waals surface area (Å²) in [7, 11) is 0. The van der Waals surface area contributed by atoms with E-state index in [0.29, 0.717) is 12.2 Å². The van der Waals surface area contributed by atoms with E-state index in [-0.39, 0.29) is 0 Å². The van der Waals surface area contributed by atoms with E-state index in [0.717, 1.165) is 5.75 Å². The van der Waals surface area contributed by atoms with E-state index >= 15 is 0 Å². The van der Waals surface area contributed by atoms with Crippen LogP contribution in [-0.2, 0) is 9.53 Å².